The van der Waals surface area contributed by atoms with Crippen LogP contribution in [0.4, 0.5) is 0 Å². The molecule has 1 fully saturated rings. The zero-order valence-corrected chi connectivity index (χ0v) is 16.4. The molecule has 5 nitrogen and oxygen atoms in total. The molecule has 3 heterocycles. The van der Waals surface area contributed by atoms with E-state index in [0.29, 0.717) is 6.54 Å². The van der Waals surface area contributed by atoms with E-state index in [4.69, 9.17) is 11.6 Å². The van der Waals surface area contributed by atoms with Crippen molar-refractivity contribution in [2.24, 2.45) is 0 Å². The molecule has 1 saturated heterocycles. The van der Waals surface area contributed by atoms with Crippen molar-refractivity contribution in [3.05, 3.63) is 51.5 Å². The number of amides is 1. The minimum absolute atomic E-state index is 0.123. The monoisotopic (exact) mass is 388 g/mol. The van der Waals surface area contributed by atoms with Crippen molar-refractivity contribution in [2.45, 2.75) is 26.4 Å². The number of aryl methyl sites for hydroxylation is 1. The maximum absolute atomic E-state index is 13.0. The molecule has 7 heteroatoms. The minimum atomic E-state index is 0.123. The molecule has 1 amide bonds. The second kappa shape index (κ2) is 7.02. The molecule has 26 heavy (non-hydrogen) atoms. The van der Waals surface area contributed by atoms with E-state index in [1.807, 2.05) is 46.8 Å². The molecule has 1 N–H and O–H groups in total. The predicted octanol–water partition coefficient (Wildman–Crippen LogP) is 3.54. The largest absolute Gasteiger partial charge is 0.333 e. The molecule has 136 valence electrons. The summed E-state index contributed by atoms with van der Waals surface area (Å²) in [5.41, 5.74) is 2.09. The number of benzene rings is 1. The molecule has 1 aromatic carbocycles. The standard InChI is InChI=1S/C19H21ClN4OS/c1-12-10-21-7-8-23(12)18(25)17-9-16-13(2)22-24(19(16)26-17)11-14-3-5-15(20)6-4-14/h3-6,9,12,21H,7-8,10-11H2,1-2H3. The van der Waals surface area contributed by atoms with Crippen LogP contribution in [0, 0.1) is 6.92 Å². The Bertz CT molecular complexity index is 947. The zero-order chi connectivity index (χ0) is 18.3. The third-order valence-corrected chi connectivity index (χ3v) is 6.21. The number of piperazine rings is 1. The van der Waals surface area contributed by atoms with Crippen molar-refractivity contribution in [1.29, 1.82) is 0 Å². The molecule has 0 bridgehead atoms. The summed E-state index contributed by atoms with van der Waals surface area (Å²) in [6.45, 7) is 7.20. The van der Waals surface area contributed by atoms with Crippen LogP contribution in [0.2, 0.25) is 5.02 Å². The van der Waals surface area contributed by atoms with Crippen LogP contribution in [-0.4, -0.2) is 46.3 Å². The van der Waals surface area contributed by atoms with Gasteiger partial charge in [0, 0.05) is 36.1 Å². The summed E-state index contributed by atoms with van der Waals surface area (Å²) in [7, 11) is 0. The van der Waals surface area contributed by atoms with Gasteiger partial charge in [0.2, 0.25) is 0 Å². The lowest BCUT2D eigenvalue weighted by Gasteiger charge is -2.33. The van der Waals surface area contributed by atoms with Gasteiger partial charge in [-0.3, -0.25) is 9.48 Å². The molecule has 2 aromatic heterocycles. The number of fused-ring (bicyclic) bond motifs is 1. The number of halogens is 1. The van der Waals surface area contributed by atoms with Crippen LogP contribution in [0.25, 0.3) is 10.2 Å². The van der Waals surface area contributed by atoms with E-state index in [-0.39, 0.29) is 11.9 Å². The summed E-state index contributed by atoms with van der Waals surface area (Å²) in [4.78, 5) is 16.8. The van der Waals surface area contributed by atoms with E-state index < -0.39 is 0 Å². The van der Waals surface area contributed by atoms with Crippen molar-refractivity contribution in [2.75, 3.05) is 19.6 Å². The fourth-order valence-electron chi connectivity index (χ4n) is 3.37. The van der Waals surface area contributed by atoms with E-state index in [1.54, 1.807) is 0 Å². The Balaban J connectivity index is 1.64. The number of hydrogen-bond donors (Lipinski definition) is 1. The van der Waals surface area contributed by atoms with Gasteiger partial charge in [0.1, 0.15) is 4.83 Å². The third-order valence-electron chi connectivity index (χ3n) is 4.83. The van der Waals surface area contributed by atoms with E-state index in [0.717, 1.165) is 51.0 Å². The molecular formula is C19H21ClN4OS. The van der Waals surface area contributed by atoms with Gasteiger partial charge in [0.05, 0.1) is 17.1 Å². The predicted molar refractivity (Wildman–Crippen MR) is 106 cm³/mol. The Morgan fingerprint density at radius 2 is 2.15 bits per heavy atom. The SMILES string of the molecule is Cc1nn(Cc2ccc(Cl)cc2)c2sc(C(=O)N3CCNCC3C)cc12. The lowest BCUT2D eigenvalue weighted by Crippen LogP contribution is -2.52. The van der Waals surface area contributed by atoms with E-state index >= 15 is 0 Å². The van der Waals surface area contributed by atoms with Crippen molar-refractivity contribution < 1.29 is 4.79 Å². The van der Waals surface area contributed by atoms with Crippen molar-refractivity contribution >= 4 is 39.1 Å². The van der Waals surface area contributed by atoms with Crippen LogP contribution < -0.4 is 5.32 Å². The zero-order valence-electron chi connectivity index (χ0n) is 14.8. The summed E-state index contributed by atoms with van der Waals surface area (Å²) in [5.74, 6) is 0.123. The van der Waals surface area contributed by atoms with Gasteiger partial charge in [-0.2, -0.15) is 5.10 Å². The van der Waals surface area contributed by atoms with Gasteiger partial charge in [-0.1, -0.05) is 23.7 Å². The molecule has 1 aliphatic rings. The first-order chi connectivity index (χ1) is 12.5. The number of aromatic nitrogens is 2. The number of thiophene rings is 1. The maximum atomic E-state index is 13.0. The highest BCUT2D eigenvalue weighted by molar-refractivity contribution is 7.20. The van der Waals surface area contributed by atoms with E-state index in [2.05, 4.69) is 17.3 Å². The van der Waals surface area contributed by atoms with E-state index in [1.165, 1.54) is 11.3 Å². The Hall–Kier alpha value is -1.89. The fourth-order valence-corrected chi connectivity index (χ4v) is 4.62. The van der Waals surface area contributed by atoms with Crippen LogP contribution in [0.15, 0.2) is 30.3 Å². The first kappa shape index (κ1) is 17.5. The number of carbonyl (C=O) groups is 1. The van der Waals surface area contributed by atoms with Crippen LogP contribution in [0.5, 0.6) is 0 Å². The van der Waals surface area contributed by atoms with Gasteiger partial charge < -0.3 is 10.2 Å². The number of carbonyl (C=O) groups excluding carboxylic acids is 1. The quantitative estimate of drug-likeness (QED) is 0.746. The highest BCUT2D eigenvalue weighted by atomic mass is 35.5. The van der Waals surface area contributed by atoms with Gasteiger partial charge in [-0.25, -0.2) is 0 Å². The van der Waals surface area contributed by atoms with Crippen LogP contribution in [0.1, 0.15) is 27.9 Å². The van der Waals surface area contributed by atoms with Gasteiger partial charge in [-0.15, -0.1) is 11.3 Å². The molecule has 1 unspecified atom stereocenters. The number of nitrogens with one attached hydrogen (secondary N) is 1. The molecule has 1 atom stereocenters. The van der Waals surface area contributed by atoms with Gasteiger partial charge in [-0.05, 0) is 37.6 Å². The maximum Gasteiger partial charge on any atom is 0.264 e. The second-order valence-corrected chi connectivity index (χ2v) is 8.22. The van der Waals surface area contributed by atoms with Crippen LogP contribution in [-0.2, 0) is 6.54 Å². The summed E-state index contributed by atoms with van der Waals surface area (Å²) >= 11 is 7.50. The Kier molecular flexibility index (Phi) is 4.73. The first-order valence-electron chi connectivity index (χ1n) is 8.76. The van der Waals surface area contributed by atoms with Gasteiger partial charge >= 0.3 is 0 Å². The summed E-state index contributed by atoms with van der Waals surface area (Å²) < 4.78 is 1.98. The molecule has 3 aromatic rings. The average Bonchev–Trinajstić information content (AvgIpc) is 3.19. The third kappa shape index (κ3) is 3.24. The second-order valence-electron chi connectivity index (χ2n) is 6.75. The normalized spacial score (nSPS) is 17.8. The van der Waals surface area contributed by atoms with E-state index in [9.17, 15) is 4.79 Å². The highest BCUT2D eigenvalue weighted by Crippen LogP contribution is 2.30. The van der Waals surface area contributed by atoms with Crippen LogP contribution >= 0.6 is 22.9 Å². The van der Waals surface area contributed by atoms with Gasteiger partial charge in [0.25, 0.3) is 5.91 Å². The highest BCUT2D eigenvalue weighted by Gasteiger charge is 2.26. The average molecular weight is 389 g/mol. The molecule has 1 aliphatic heterocycles. The smallest absolute Gasteiger partial charge is 0.264 e. The summed E-state index contributed by atoms with van der Waals surface area (Å²) in [6.07, 6.45) is 0. The van der Waals surface area contributed by atoms with Crippen molar-refractivity contribution in [3.8, 4) is 0 Å². The lowest BCUT2D eigenvalue weighted by atomic mass is 10.2. The fraction of sp³-hybridized carbons (Fsp3) is 0.368. The summed E-state index contributed by atoms with van der Waals surface area (Å²) in [6, 6.07) is 10.0. The summed E-state index contributed by atoms with van der Waals surface area (Å²) in [5, 5.41) is 9.77. The first-order valence-corrected chi connectivity index (χ1v) is 9.95. The Morgan fingerprint density at radius 3 is 2.88 bits per heavy atom. The topological polar surface area (TPSA) is 50.2 Å². The molecule has 4 rings (SSSR count). The van der Waals surface area contributed by atoms with Crippen molar-refractivity contribution in [3.63, 3.8) is 0 Å². The van der Waals surface area contributed by atoms with Crippen molar-refractivity contribution in [1.82, 2.24) is 20.0 Å². The molecule has 0 radical (unpaired) electrons. The Morgan fingerprint density at radius 1 is 1.38 bits per heavy atom. The number of nitrogens with zero attached hydrogens (tertiary/aromatic N) is 3. The molecule has 0 spiro atoms. The van der Waals surface area contributed by atoms with Crippen LogP contribution in [0.3, 0.4) is 0 Å². The molecule has 0 aliphatic carbocycles. The molecule has 0 saturated carbocycles. The number of rotatable bonds is 3. The number of hydrogen-bond acceptors (Lipinski definition) is 4. The molecular weight excluding hydrogens is 368 g/mol. The van der Waals surface area contributed by atoms with Gasteiger partial charge in [0.15, 0.2) is 0 Å². The lowest BCUT2D eigenvalue weighted by molar-refractivity contribution is 0.0661. The minimum Gasteiger partial charge on any atom is -0.333 e. The Labute approximate surface area is 161 Å².